The minimum Gasteiger partial charge on any atom is -0.444 e. The summed E-state index contributed by atoms with van der Waals surface area (Å²) in [5, 5.41) is 6.52. The number of aromatic nitrogens is 1. The number of oxazole rings is 1. The molecule has 2 N–H and O–H groups in total. The second-order valence-electron chi connectivity index (χ2n) is 5.12. The first-order valence-electron chi connectivity index (χ1n) is 7.75. The van der Waals surface area contributed by atoms with Gasteiger partial charge in [0.1, 0.15) is 12.0 Å². The predicted molar refractivity (Wildman–Crippen MR) is 97.9 cm³/mol. The molecule has 0 aliphatic carbocycles. The quantitative estimate of drug-likeness (QED) is 0.463. The van der Waals surface area contributed by atoms with Crippen LogP contribution in [0.3, 0.4) is 0 Å². The number of thioether (sulfide) groups is 1. The lowest BCUT2D eigenvalue weighted by molar-refractivity contribution is 0.572. The number of nitrogens with one attached hydrogen (secondary N) is 2. The second-order valence-corrected chi connectivity index (χ2v) is 6.11. The first kappa shape index (κ1) is 17.4. The van der Waals surface area contributed by atoms with Gasteiger partial charge in [-0.1, -0.05) is 17.7 Å². The van der Waals surface area contributed by atoms with E-state index in [2.05, 4.69) is 52.8 Å². The van der Waals surface area contributed by atoms with Crippen molar-refractivity contribution in [3.63, 3.8) is 0 Å². The number of guanidine groups is 1. The topological polar surface area (TPSA) is 62.5 Å². The molecule has 2 rings (SSSR count). The number of nitrogens with zero attached hydrogens (tertiary/aromatic N) is 2. The molecule has 0 unspecified atom stereocenters. The van der Waals surface area contributed by atoms with E-state index in [0.717, 1.165) is 36.1 Å². The molecule has 0 atom stereocenters. The highest BCUT2D eigenvalue weighted by Gasteiger charge is 2.06. The van der Waals surface area contributed by atoms with Gasteiger partial charge in [-0.25, -0.2) is 9.98 Å². The van der Waals surface area contributed by atoms with Crippen LogP contribution >= 0.6 is 11.8 Å². The smallest absolute Gasteiger partial charge is 0.226 e. The van der Waals surface area contributed by atoms with Gasteiger partial charge in [-0.05, 0) is 32.2 Å². The van der Waals surface area contributed by atoms with Crippen molar-refractivity contribution < 1.29 is 4.42 Å². The molecule has 1 aromatic heterocycles. The van der Waals surface area contributed by atoms with E-state index in [9.17, 15) is 0 Å². The Morgan fingerprint density at radius 2 is 2.04 bits per heavy atom. The molecule has 1 heterocycles. The van der Waals surface area contributed by atoms with Crippen molar-refractivity contribution in [2.24, 2.45) is 4.99 Å². The fourth-order valence-electron chi connectivity index (χ4n) is 1.98. The van der Waals surface area contributed by atoms with Crippen LogP contribution in [0.2, 0.25) is 0 Å². The Kier molecular flexibility index (Phi) is 7.00. The van der Waals surface area contributed by atoms with Crippen molar-refractivity contribution in [3.05, 3.63) is 41.8 Å². The van der Waals surface area contributed by atoms with Crippen molar-refractivity contribution in [3.8, 4) is 11.5 Å². The molecule has 1 aromatic carbocycles. The van der Waals surface area contributed by atoms with E-state index in [0.29, 0.717) is 12.4 Å². The molecule has 0 fully saturated rings. The molecule has 0 aliphatic rings. The first-order valence-corrected chi connectivity index (χ1v) is 9.15. The fraction of sp³-hybridized carbons (Fsp3) is 0.412. The number of hydrogen-bond acceptors (Lipinski definition) is 4. The normalized spacial score (nSPS) is 11.5. The maximum Gasteiger partial charge on any atom is 0.226 e. The molecular formula is C17H24N4OS. The zero-order valence-corrected chi connectivity index (χ0v) is 14.7. The summed E-state index contributed by atoms with van der Waals surface area (Å²) < 4.78 is 5.56. The van der Waals surface area contributed by atoms with Crippen LogP contribution in [-0.2, 0) is 6.54 Å². The zero-order chi connectivity index (χ0) is 16.5. The van der Waals surface area contributed by atoms with Crippen LogP contribution in [0.15, 0.2) is 39.9 Å². The van der Waals surface area contributed by atoms with Crippen LogP contribution in [0.25, 0.3) is 11.5 Å². The minimum atomic E-state index is 0.490. The van der Waals surface area contributed by atoms with Gasteiger partial charge in [0.05, 0.1) is 6.54 Å². The molecule has 5 nitrogen and oxygen atoms in total. The highest BCUT2D eigenvalue weighted by molar-refractivity contribution is 7.98. The lowest BCUT2D eigenvalue weighted by atomic mass is 10.1. The fourth-order valence-corrected chi connectivity index (χ4v) is 2.29. The summed E-state index contributed by atoms with van der Waals surface area (Å²) >= 11 is 1.81. The molecule has 0 amide bonds. The lowest BCUT2D eigenvalue weighted by Crippen LogP contribution is -2.38. The van der Waals surface area contributed by atoms with E-state index in [1.807, 2.05) is 12.1 Å². The van der Waals surface area contributed by atoms with Crippen LogP contribution in [0.1, 0.15) is 18.2 Å². The van der Waals surface area contributed by atoms with Gasteiger partial charge >= 0.3 is 0 Å². The van der Waals surface area contributed by atoms with Crippen LogP contribution in [0, 0.1) is 6.92 Å². The van der Waals surface area contributed by atoms with E-state index in [1.54, 1.807) is 18.0 Å². The molecule has 0 radical (unpaired) electrons. The minimum absolute atomic E-state index is 0.490. The van der Waals surface area contributed by atoms with Crippen molar-refractivity contribution in [1.29, 1.82) is 0 Å². The Bertz CT molecular complexity index is 622. The number of rotatable bonds is 7. The summed E-state index contributed by atoms with van der Waals surface area (Å²) in [6, 6.07) is 8.14. The molecule has 0 saturated heterocycles. The van der Waals surface area contributed by atoms with Crippen molar-refractivity contribution in [2.75, 3.05) is 25.1 Å². The van der Waals surface area contributed by atoms with Gasteiger partial charge in [-0.15, -0.1) is 0 Å². The maximum absolute atomic E-state index is 5.56. The summed E-state index contributed by atoms with van der Waals surface area (Å²) in [6.07, 6.45) is 3.76. The van der Waals surface area contributed by atoms with Gasteiger partial charge in [0, 0.05) is 24.4 Å². The Balaban J connectivity index is 1.99. The summed E-state index contributed by atoms with van der Waals surface area (Å²) in [4.78, 5) is 9.04. The summed E-state index contributed by atoms with van der Waals surface area (Å²) in [5.74, 6) is 2.49. The largest absolute Gasteiger partial charge is 0.444 e. The van der Waals surface area contributed by atoms with Gasteiger partial charge in [0.2, 0.25) is 5.89 Å². The summed E-state index contributed by atoms with van der Waals surface area (Å²) in [7, 11) is 0. The van der Waals surface area contributed by atoms with E-state index < -0.39 is 0 Å². The molecule has 0 saturated carbocycles. The number of aliphatic imine (C=N–C) groups is 1. The third kappa shape index (κ3) is 5.63. The monoisotopic (exact) mass is 332 g/mol. The number of aryl methyl sites for hydroxylation is 1. The van der Waals surface area contributed by atoms with Crippen molar-refractivity contribution in [1.82, 2.24) is 15.6 Å². The molecule has 0 aliphatic heterocycles. The zero-order valence-electron chi connectivity index (χ0n) is 13.9. The Labute approximate surface area is 142 Å². The van der Waals surface area contributed by atoms with Gasteiger partial charge in [0.15, 0.2) is 5.96 Å². The van der Waals surface area contributed by atoms with Gasteiger partial charge < -0.3 is 15.1 Å². The predicted octanol–water partition coefficient (Wildman–Crippen LogP) is 3.07. The average Bonchev–Trinajstić information content (AvgIpc) is 3.02. The maximum atomic E-state index is 5.56. The molecule has 0 spiro atoms. The highest BCUT2D eigenvalue weighted by atomic mass is 32.2. The highest BCUT2D eigenvalue weighted by Crippen LogP contribution is 2.19. The third-order valence-corrected chi connectivity index (χ3v) is 3.80. The average molecular weight is 332 g/mol. The Hall–Kier alpha value is -1.95. The second kappa shape index (κ2) is 9.25. The Morgan fingerprint density at radius 1 is 1.26 bits per heavy atom. The molecule has 124 valence electrons. The van der Waals surface area contributed by atoms with Crippen molar-refractivity contribution >= 4 is 17.7 Å². The molecule has 6 heteroatoms. The third-order valence-electron chi connectivity index (χ3n) is 3.19. The summed E-state index contributed by atoms with van der Waals surface area (Å²) in [5.41, 5.74) is 3.02. The molecule has 23 heavy (non-hydrogen) atoms. The van der Waals surface area contributed by atoms with Crippen LogP contribution in [0.4, 0.5) is 0 Å². The number of benzene rings is 1. The van der Waals surface area contributed by atoms with Gasteiger partial charge in [-0.2, -0.15) is 11.8 Å². The molecular weight excluding hydrogens is 308 g/mol. The van der Waals surface area contributed by atoms with E-state index in [4.69, 9.17) is 4.42 Å². The van der Waals surface area contributed by atoms with E-state index >= 15 is 0 Å². The van der Waals surface area contributed by atoms with Crippen LogP contribution in [-0.4, -0.2) is 36.0 Å². The first-order chi connectivity index (χ1) is 11.2. The van der Waals surface area contributed by atoms with Crippen molar-refractivity contribution in [2.45, 2.75) is 20.4 Å². The van der Waals surface area contributed by atoms with Gasteiger partial charge in [-0.3, -0.25) is 0 Å². The van der Waals surface area contributed by atoms with E-state index in [-0.39, 0.29) is 0 Å². The Morgan fingerprint density at radius 3 is 2.74 bits per heavy atom. The SMILES string of the molecule is CCNC(=NCc1coc(-c2ccc(C)cc2)n1)NCCSC. The van der Waals surface area contributed by atoms with Gasteiger partial charge in [0.25, 0.3) is 0 Å². The van der Waals surface area contributed by atoms with E-state index in [1.165, 1.54) is 5.56 Å². The van der Waals surface area contributed by atoms with Crippen LogP contribution in [0.5, 0.6) is 0 Å². The molecule has 0 bridgehead atoms. The summed E-state index contributed by atoms with van der Waals surface area (Å²) in [6.45, 7) is 6.33. The lowest BCUT2D eigenvalue weighted by Gasteiger charge is -2.09. The standard InChI is InChI=1S/C17H24N4OS/c1-4-18-17(19-9-10-23-3)20-11-15-12-22-16(21-15)14-7-5-13(2)6-8-14/h5-8,12H,4,9-11H2,1-3H3,(H2,18,19,20). The number of hydrogen-bond donors (Lipinski definition) is 2. The molecule has 2 aromatic rings. The van der Waals surface area contributed by atoms with Crippen LogP contribution < -0.4 is 10.6 Å².